The van der Waals surface area contributed by atoms with Gasteiger partial charge in [0, 0.05) is 17.1 Å². The van der Waals surface area contributed by atoms with Crippen LogP contribution in [-0.4, -0.2) is 24.1 Å². The van der Waals surface area contributed by atoms with E-state index < -0.39 is 5.91 Å². The van der Waals surface area contributed by atoms with Gasteiger partial charge in [-0.3, -0.25) is 9.59 Å². The lowest BCUT2D eigenvalue weighted by molar-refractivity contribution is -0.118. The van der Waals surface area contributed by atoms with Crippen molar-refractivity contribution in [2.75, 3.05) is 18.0 Å². The smallest absolute Gasteiger partial charge is 0.249 e. The molecule has 0 aliphatic carbocycles. The fourth-order valence-electron chi connectivity index (χ4n) is 1.40. The first-order valence-corrected chi connectivity index (χ1v) is 7.10. The summed E-state index contributed by atoms with van der Waals surface area (Å²) in [7, 11) is 0. The average Bonchev–Trinajstić information content (AvgIpc) is 2.34. The highest BCUT2D eigenvalue weighted by molar-refractivity contribution is 8.00. The van der Waals surface area contributed by atoms with Gasteiger partial charge in [-0.05, 0) is 18.6 Å². The van der Waals surface area contributed by atoms with E-state index in [1.165, 1.54) is 23.9 Å². The molecule has 0 radical (unpaired) electrons. The van der Waals surface area contributed by atoms with Gasteiger partial charge in [0.15, 0.2) is 0 Å². The zero-order valence-corrected chi connectivity index (χ0v) is 12.1. The van der Waals surface area contributed by atoms with E-state index >= 15 is 0 Å². The molecule has 2 amide bonds. The van der Waals surface area contributed by atoms with Crippen LogP contribution in [0.15, 0.2) is 17.0 Å². The summed E-state index contributed by atoms with van der Waals surface area (Å²) in [5.41, 5.74) is 11.5. The minimum Gasteiger partial charge on any atom is -0.399 e. The molecule has 1 aromatic carbocycles. The number of halogens is 1. The molecule has 1 aromatic rings. The largest absolute Gasteiger partial charge is 0.399 e. The molecule has 1 rings (SSSR count). The molecule has 0 aliphatic rings. The molecule has 0 heterocycles. The van der Waals surface area contributed by atoms with E-state index in [1.807, 2.05) is 6.92 Å². The third kappa shape index (κ3) is 4.65. The van der Waals surface area contributed by atoms with E-state index in [0.717, 1.165) is 6.42 Å². The number of nitrogens with two attached hydrogens (primary N) is 2. The molecule has 0 unspecified atom stereocenters. The molecule has 7 heteroatoms. The first-order chi connectivity index (χ1) is 8.95. The number of hydrogen-bond donors (Lipinski definition) is 3. The van der Waals surface area contributed by atoms with Gasteiger partial charge in [0.2, 0.25) is 11.8 Å². The Morgan fingerprint density at radius 3 is 2.68 bits per heavy atom. The second-order valence-corrected chi connectivity index (χ2v) is 5.28. The summed E-state index contributed by atoms with van der Waals surface area (Å²) in [5.74, 6) is -0.565. The van der Waals surface area contributed by atoms with Gasteiger partial charge in [-0.2, -0.15) is 0 Å². The highest BCUT2D eigenvalue weighted by Gasteiger charge is 2.15. The Hall–Kier alpha value is -1.40. The van der Waals surface area contributed by atoms with Gasteiger partial charge in [0.25, 0.3) is 0 Å². The number of nitrogens with one attached hydrogen (secondary N) is 1. The van der Waals surface area contributed by atoms with E-state index in [4.69, 9.17) is 23.1 Å². The predicted molar refractivity (Wildman–Crippen MR) is 78.4 cm³/mol. The molecular formula is C12H16ClN3O2S. The number of anilines is 1. The summed E-state index contributed by atoms with van der Waals surface area (Å²) in [4.78, 5) is 23.3. The van der Waals surface area contributed by atoms with Crippen LogP contribution in [0.5, 0.6) is 0 Å². The fraction of sp³-hybridized carbons (Fsp3) is 0.333. The minimum absolute atomic E-state index is 0.116. The van der Waals surface area contributed by atoms with Gasteiger partial charge in [-0.15, -0.1) is 11.8 Å². The molecule has 0 bridgehead atoms. The number of hydrogen-bond acceptors (Lipinski definition) is 4. The summed E-state index contributed by atoms with van der Waals surface area (Å²) < 4.78 is 0. The number of primary amides is 1. The van der Waals surface area contributed by atoms with Crippen LogP contribution in [0.2, 0.25) is 5.02 Å². The summed E-state index contributed by atoms with van der Waals surface area (Å²) in [6, 6.07) is 2.99. The van der Waals surface area contributed by atoms with Gasteiger partial charge < -0.3 is 16.8 Å². The zero-order chi connectivity index (χ0) is 14.4. The van der Waals surface area contributed by atoms with Crippen molar-refractivity contribution in [2.45, 2.75) is 18.2 Å². The van der Waals surface area contributed by atoms with Gasteiger partial charge in [0.1, 0.15) is 0 Å². The number of benzene rings is 1. The quantitative estimate of drug-likeness (QED) is 0.549. The number of nitrogen functional groups attached to an aromatic ring is 1. The predicted octanol–water partition coefficient (Wildman–Crippen LogP) is 1.64. The second-order valence-electron chi connectivity index (χ2n) is 3.88. The lowest BCUT2D eigenvalue weighted by atomic mass is 10.2. The van der Waals surface area contributed by atoms with Crippen LogP contribution in [-0.2, 0) is 4.79 Å². The minimum atomic E-state index is -0.620. The maximum atomic E-state index is 11.5. The fourth-order valence-corrected chi connectivity index (χ4v) is 2.68. The number of carbonyl (C=O) groups excluding carboxylic acids is 2. The van der Waals surface area contributed by atoms with Crippen molar-refractivity contribution in [2.24, 2.45) is 5.73 Å². The normalized spacial score (nSPS) is 10.2. The van der Waals surface area contributed by atoms with Crippen LogP contribution >= 0.6 is 23.4 Å². The first kappa shape index (κ1) is 15.7. The van der Waals surface area contributed by atoms with Crippen molar-refractivity contribution in [3.8, 4) is 0 Å². The van der Waals surface area contributed by atoms with Crippen molar-refractivity contribution in [1.29, 1.82) is 0 Å². The molecular weight excluding hydrogens is 286 g/mol. The van der Waals surface area contributed by atoms with Crippen LogP contribution in [0.1, 0.15) is 23.7 Å². The first-order valence-electron chi connectivity index (χ1n) is 5.74. The van der Waals surface area contributed by atoms with Crippen molar-refractivity contribution in [3.63, 3.8) is 0 Å². The standard InChI is InChI=1S/C12H16ClN3O2S/c1-2-3-16-10(17)6-19-11-8(12(15)18)4-7(14)5-9(11)13/h4-5H,2-3,6,14H2,1H3,(H2,15,18)(H,16,17). The van der Waals surface area contributed by atoms with Crippen LogP contribution in [0.25, 0.3) is 0 Å². The monoisotopic (exact) mass is 301 g/mol. The average molecular weight is 302 g/mol. The molecule has 104 valence electrons. The molecule has 0 saturated heterocycles. The number of thioether (sulfide) groups is 1. The molecule has 0 fully saturated rings. The maximum absolute atomic E-state index is 11.5. The molecule has 5 N–H and O–H groups in total. The molecule has 19 heavy (non-hydrogen) atoms. The van der Waals surface area contributed by atoms with E-state index in [2.05, 4.69) is 5.32 Å². The van der Waals surface area contributed by atoms with Gasteiger partial charge in [-0.25, -0.2) is 0 Å². The third-order valence-corrected chi connectivity index (χ3v) is 3.80. The lowest BCUT2D eigenvalue weighted by Crippen LogP contribution is -2.25. The van der Waals surface area contributed by atoms with E-state index in [9.17, 15) is 9.59 Å². The number of rotatable bonds is 6. The van der Waals surface area contributed by atoms with Crippen LogP contribution < -0.4 is 16.8 Å². The van der Waals surface area contributed by atoms with Crippen LogP contribution in [0, 0.1) is 0 Å². The molecule has 0 aliphatic heterocycles. The van der Waals surface area contributed by atoms with Crippen molar-refractivity contribution in [1.82, 2.24) is 5.32 Å². The Kier molecular flexibility index (Phi) is 5.98. The van der Waals surface area contributed by atoms with Crippen LogP contribution in [0.4, 0.5) is 5.69 Å². The summed E-state index contributed by atoms with van der Waals surface area (Å²) in [6.45, 7) is 2.59. The molecule has 0 saturated carbocycles. The Labute approximate surface area is 121 Å². The van der Waals surface area contributed by atoms with Crippen molar-refractivity contribution in [3.05, 3.63) is 22.7 Å². The Balaban J connectivity index is 2.83. The third-order valence-electron chi connectivity index (χ3n) is 2.25. The van der Waals surface area contributed by atoms with Crippen LogP contribution in [0.3, 0.4) is 0 Å². The molecule has 0 spiro atoms. The zero-order valence-electron chi connectivity index (χ0n) is 10.5. The second kappa shape index (κ2) is 7.25. The van der Waals surface area contributed by atoms with Gasteiger partial charge >= 0.3 is 0 Å². The van der Waals surface area contributed by atoms with E-state index in [-0.39, 0.29) is 17.2 Å². The van der Waals surface area contributed by atoms with Gasteiger partial charge in [0.05, 0.1) is 16.3 Å². The Morgan fingerprint density at radius 2 is 2.11 bits per heavy atom. The summed E-state index contributed by atoms with van der Waals surface area (Å²) in [6.07, 6.45) is 0.867. The lowest BCUT2D eigenvalue weighted by Gasteiger charge is -2.10. The molecule has 0 atom stereocenters. The maximum Gasteiger partial charge on any atom is 0.249 e. The van der Waals surface area contributed by atoms with Crippen molar-refractivity contribution >= 4 is 40.9 Å². The van der Waals surface area contributed by atoms with Crippen molar-refractivity contribution < 1.29 is 9.59 Å². The van der Waals surface area contributed by atoms with E-state index in [1.54, 1.807) is 0 Å². The summed E-state index contributed by atoms with van der Waals surface area (Å²) >= 11 is 7.20. The van der Waals surface area contributed by atoms with Gasteiger partial charge in [-0.1, -0.05) is 18.5 Å². The Morgan fingerprint density at radius 1 is 1.42 bits per heavy atom. The highest BCUT2D eigenvalue weighted by atomic mass is 35.5. The van der Waals surface area contributed by atoms with E-state index in [0.29, 0.717) is 22.2 Å². The Bertz CT molecular complexity index is 494. The SMILES string of the molecule is CCCNC(=O)CSc1c(Cl)cc(N)cc1C(N)=O. The number of amides is 2. The summed E-state index contributed by atoms with van der Waals surface area (Å²) in [5, 5.41) is 3.06. The molecule has 5 nitrogen and oxygen atoms in total. The molecule has 0 aromatic heterocycles. The highest BCUT2D eigenvalue weighted by Crippen LogP contribution is 2.32. The topological polar surface area (TPSA) is 98.2 Å². The number of carbonyl (C=O) groups is 2.